The zero-order valence-electron chi connectivity index (χ0n) is 24.2. The van der Waals surface area contributed by atoms with Crippen LogP contribution in [-0.2, 0) is 32.6 Å². The van der Waals surface area contributed by atoms with Crippen LogP contribution >= 0.6 is 0 Å². The van der Waals surface area contributed by atoms with Gasteiger partial charge in [0.1, 0.15) is 12.2 Å². The van der Waals surface area contributed by atoms with Crippen LogP contribution in [0.3, 0.4) is 0 Å². The second-order valence-corrected chi connectivity index (χ2v) is 23.8. The van der Waals surface area contributed by atoms with Crippen LogP contribution in [0.5, 0.6) is 0 Å². The van der Waals surface area contributed by atoms with Gasteiger partial charge in [-0.1, -0.05) is 46.8 Å². The molecule has 38 heavy (non-hydrogen) atoms. The van der Waals surface area contributed by atoms with E-state index in [1.54, 1.807) is 0 Å². The number of nitrogens with zero attached hydrogens (tertiary/aromatic N) is 3. The minimum absolute atomic E-state index is 0.00542. The molecule has 2 aliphatic rings. The molecule has 3 rings (SSSR count). The van der Waals surface area contributed by atoms with Crippen molar-refractivity contribution < 1.29 is 35.7 Å². The summed E-state index contributed by atoms with van der Waals surface area (Å²) in [6.07, 6.45) is -1.97. The molecule has 12 nitrogen and oxygen atoms in total. The Hall–Kier alpha value is -1.63. The lowest BCUT2D eigenvalue weighted by Crippen LogP contribution is -2.59. The van der Waals surface area contributed by atoms with Crippen molar-refractivity contribution in [2.75, 3.05) is 13.7 Å². The van der Waals surface area contributed by atoms with E-state index in [0.29, 0.717) is 0 Å². The second-order valence-electron chi connectivity index (χ2n) is 12.9. The van der Waals surface area contributed by atoms with E-state index in [1.807, 2.05) is 13.1 Å². The summed E-state index contributed by atoms with van der Waals surface area (Å²) < 4.78 is 57.3. The van der Waals surface area contributed by atoms with Crippen molar-refractivity contribution in [3.05, 3.63) is 23.0 Å². The van der Waals surface area contributed by atoms with Crippen molar-refractivity contribution in [1.82, 2.24) is 15.0 Å². The number of carbonyl (C=O) groups is 1. The maximum atomic E-state index is 12.8. The van der Waals surface area contributed by atoms with Crippen LogP contribution in [-0.4, -0.2) is 77.5 Å². The first kappa shape index (κ1) is 30.9. The van der Waals surface area contributed by atoms with Crippen molar-refractivity contribution >= 4 is 32.7 Å². The molecule has 0 radical (unpaired) electrons. The largest absolute Gasteiger partial charge is 0.464 e. The number of methoxy groups -OCH3 is 1. The van der Waals surface area contributed by atoms with Crippen LogP contribution in [0.2, 0.25) is 36.3 Å². The number of esters is 1. The van der Waals surface area contributed by atoms with Crippen LogP contribution in [0.15, 0.2) is 17.3 Å². The maximum Gasteiger partial charge on any atom is 0.358 e. The molecule has 3 heterocycles. The summed E-state index contributed by atoms with van der Waals surface area (Å²) in [4.78, 5) is 12.5. The molecule has 0 bridgehead atoms. The molecule has 1 aromatic rings. The lowest BCUT2D eigenvalue weighted by molar-refractivity contribution is -0.0605. The first-order chi connectivity index (χ1) is 17.1. The second kappa shape index (κ2) is 9.78. The van der Waals surface area contributed by atoms with Gasteiger partial charge < -0.3 is 24.1 Å². The van der Waals surface area contributed by atoms with Gasteiger partial charge >= 0.3 is 5.97 Å². The summed E-state index contributed by atoms with van der Waals surface area (Å²) in [5.41, 5.74) is 4.65. The summed E-state index contributed by atoms with van der Waals surface area (Å²) in [7, 11) is -7.84. The molecule has 2 N–H and O–H groups in total. The van der Waals surface area contributed by atoms with Crippen molar-refractivity contribution in [3.63, 3.8) is 0 Å². The zero-order valence-corrected chi connectivity index (χ0v) is 27.0. The number of carbonyl (C=O) groups excluding carboxylic acids is 1. The molecule has 0 aliphatic carbocycles. The van der Waals surface area contributed by atoms with E-state index >= 15 is 0 Å². The number of aromatic nitrogens is 3. The van der Waals surface area contributed by atoms with Gasteiger partial charge in [0.15, 0.2) is 34.2 Å². The van der Waals surface area contributed by atoms with E-state index in [9.17, 15) is 13.2 Å². The highest BCUT2D eigenvalue weighted by atomic mass is 32.2. The molecule has 1 unspecified atom stereocenters. The summed E-state index contributed by atoms with van der Waals surface area (Å²) in [6, 6.07) is 0. The molecule has 0 amide bonds. The fourth-order valence-corrected chi connectivity index (χ4v) is 7.38. The Morgan fingerprint density at radius 1 is 1.13 bits per heavy atom. The summed E-state index contributed by atoms with van der Waals surface area (Å²) in [5.74, 6) is -0.692. The van der Waals surface area contributed by atoms with Gasteiger partial charge in [-0.2, -0.15) is 8.42 Å². The predicted octanol–water partition coefficient (Wildman–Crippen LogP) is 3.27. The Labute approximate surface area is 227 Å². The van der Waals surface area contributed by atoms with Gasteiger partial charge in [0.2, 0.25) is 0 Å². The SMILES string of the molecule is COC(=O)c1cnnn1[C@@H]1O[C@H](CO[Si](C)(C)C(C)(C)C)C2(OS(=O)(=O)C=C2N)[C@H]1O[Si](C)(C)C(C)(C)C. The van der Waals surface area contributed by atoms with Gasteiger partial charge in [0.05, 0.1) is 31.0 Å². The molecule has 1 aromatic heterocycles. The highest BCUT2D eigenvalue weighted by molar-refractivity contribution is 7.90. The number of nitrogens with two attached hydrogens (primary N) is 1. The van der Waals surface area contributed by atoms with E-state index in [1.165, 1.54) is 18.0 Å². The van der Waals surface area contributed by atoms with Crippen molar-refractivity contribution in [2.45, 2.75) is 102 Å². The summed E-state index contributed by atoms with van der Waals surface area (Å²) in [5, 5.41) is 8.47. The minimum Gasteiger partial charge on any atom is -0.464 e. The molecule has 15 heteroatoms. The Morgan fingerprint density at radius 2 is 1.71 bits per heavy atom. The highest BCUT2D eigenvalue weighted by Gasteiger charge is 2.67. The molecule has 0 saturated carbocycles. The van der Waals surface area contributed by atoms with Gasteiger partial charge in [-0.3, -0.25) is 0 Å². The van der Waals surface area contributed by atoms with E-state index in [2.05, 4.69) is 64.9 Å². The first-order valence-electron chi connectivity index (χ1n) is 12.5. The standard InChI is InChI=1S/C23H42N4O8SSi2/c1-21(2,3)37(8,9)32-13-17-23(16(24)14-36(29,30)35-23)18(34-38(10,11)22(4,5)6)19(33-17)27-15(12-25-26-27)20(28)31-7/h12,14,17-19H,13,24H2,1-11H3/t17-,18+,19-,23?/m1/s1. The maximum absolute atomic E-state index is 12.8. The molecular formula is C23H42N4O8SSi2. The van der Waals surface area contributed by atoms with Gasteiger partial charge in [-0.05, 0) is 36.3 Å². The quantitative estimate of drug-likeness (QED) is 0.283. The summed E-state index contributed by atoms with van der Waals surface area (Å²) >= 11 is 0. The monoisotopic (exact) mass is 590 g/mol. The fraction of sp³-hybridized carbons (Fsp3) is 0.783. The molecule has 1 spiro atoms. The lowest BCUT2D eigenvalue weighted by atomic mass is 9.89. The first-order valence-corrected chi connectivity index (χ1v) is 19.8. The Bertz CT molecular complexity index is 1200. The van der Waals surface area contributed by atoms with Crippen LogP contribution in [0.4, 0.5) is 0 Å². The van der Waals surface area contributed by atoms with Gasteiger partial charge in [-0.15, -0.1) is 5.10 Å². The predicted molar refractivity (Wildman–Crippen MR) is 145 cm³/mol. The lowest BCUT2D eigenvalue weighted by Gasteiger charge is -2.43. The van der Waals surface area contributed by atoms with Gasteiger partial charge in [-0.25, -0.2) is 13.7 Å². The molecule has 2 aliphatic heterocycles. The van der Waals surface area contributed by atoms with Crippen LogP contribution in [0, 0.1) is 0 Å². The average molecular weight is 591 g/mol. The van der Waals surface area contributed by atoms with Crippen molar-refractivity contribution in [2.24, 2.45) is 5.73 Å². The number of ether oxygens (including phenoxy) is 2. The minimum atomic E-state index is -4.16. The average Bonchev–Trinajstić information content (AvgIpc) is 3.40. The smallest absolute Gasteiger partial charge is 0.358 e. The number of hydrogen-bond donors (Lipinski definition) is 1. The van der Waals surface area contributed by atoms with Crippen LogP contribution < -0.4 is 5.73 Å². The third-order valence-corrected chi connectivity index (χ3v) is 18.3. The summed E-state index contributed by atoms with van der Waals surface area (Å²) in [6.45, 7) is 20.6. The fourth-order valence-electron chi connectivity index (χ4n) is 3.87. The third kappa shape index (κ3) is 5.38. The molecule has 0 aromatic carbocycles. The van der Waals surface area contributed by atoms with Gasteiger partial charge in [0, 0.05) is 0 Å². The Morgan fingerprint density at radius 3 is 2.18 bits per heavy atom. The normalized spacial score (nSPS) is 28.1. The van der Waals surface area contributed by atoms with Crippen molar-refractivity contribution in [1.29, 1.82) is 0 Å². The number of hydrogen-bond acceptors (Lipinski definition) is 11. The highest BCUT2D eigenvalue weighted by Crippen LogP contribution is 2.52. The topological polar surface area (TPSA) is 154 Å². The Balaban J connectivity index is 2.20. The molecule has 1 saturated heterocycles. The zero-order chi connectivity index (χ0) is 29.1. The van der Waals surface area contributed by atoms with Crippen LogP contribution in [0.25, 0.3) is 0 Å². The molecule has 4 atom stereocenters. The third-order valence-electron chi connectivity index (χ3n) is 8.28. The molecule has 216 valence electrons. The van der Waals surface area contributed by atoms with E-state index < -0.39 is 56.8 Å². The number of rotatable bonds is 7. The van der Waals surface area contributed by atoms with Crippen LogP contribution in [0.1, 0.15) is 58.3 Å². The Kier molecular flexibility index (Phi) is 7.95. The van der Waals surface area contributed by atoms with Gasteiger partial charge in [0.25, 0.3) is 10.1 Å². The van der Waals surface area contributed by atoms with E-state index in [-0.39, 0.29) is 28.1 Å². The molecular weight excluding hydrogens is 549 g/mol. The van der Waals surface area contributed by atoms with E-state index in [0.717, 1.165) is 5.41 Å². The van der Waals surface area contributed by atoms with Crippen molar-refractivity contribution in [3.8, 4) is 0 Å². The van der Waals surface area contributed by atoms with E-state index in [4.69, 9.17) is 28.2 Å². The molecule has 1 fully saturated rings.